The van der Waals surface area contributed by atoms with Gasteiger partial charge in [0.05, 0.1) is 17.0 Å². The van der Waals surface area contributed by atoms with Crippen LogP contribution in [0.5, 0.6) is 0 Å². The third-order valence-electron chi connectivity index (χ3n) is 6.29. The smallest absolute Gasteiger partial charge is 0.246 e. The molecule has 5 rings (SSSR count). The van der Waals surface area contributed by atoms with Gasteiger partial charge in [-0.3, -0.25) is 9.89 Å². The van der Waals surface area contributed by atoms with E-state index in [1.165, 1.54) is 11.3 Å². The van der Waals surface area contributed by atoms with Gasteiger partial charge < -0.3 is 10.2 Å². The summed E-state index contributed by atoms with van der Waals surface area (Å²) in [5.41, 5.74) is 1.17. The maximum Gasteiger partial charge on any atom is 0.246 e. The van der Waals surface area contributed by atoms with Crippen molar-refractivity contribution >= 4 is 40.2 Å². The van der Waals surface area contributed by atoms with E-state index in [4.69, 9.17) is 10.1 Å². The van der Waals surface area contributed by atoms with Gasteiger partial charge in [-0.05, 0) is 31.9 Å². The molecule has 2 N–H and O–H groups in total. The number of ketones is 1. The number of H-pyrrole nitrogens is 1. The summed E-state index contributed by atoms with van der Waals surface area (Å²) in [5, 5.41) is 18.3. The van der Waals surface area contributed by atoms with E-state index in [9.17, 15) is 4.79 Å². The number of carbonyl (C=O) groups is 1. The van der Waals surface area contributed by atoms with E-state index in [-0.39, 0.29) is 11.2 Å². The van der Waals surface area contributed by atoms with Gasteiger partial charge in [0.25, 0.3) is 0 Å². The van der Waals surface area contributed by atoms with Crippen molar-refractivity contribution in [2.24, 2.45) is 0 Å². The van der Waals surface area contributed by atoms with Crippen LogP contribution in [0.1, 0.15) is 51.2 Å². The van der Waals surface area contributed by atoms with E-state index in [2.05, 4.69) is 41.3 Å². The number of thiazole rings is 1. The topological polar surface area (TPSA) is 104 Å². The first kappa shape index (κ1) is 21.6. The maximum absolute atomic E-state index is 13.3. The number of hydrogen-bond acceptors (Lipinski definition) is 8. The number of Topliss-reactive ketones (excluding diaryl/α,β-unsaturated/α-hetero) is 1. The lowest BCUT2D eigenvalue weighted by molar-refractivity contribution is -0.122. The third kappa shape index (κ3) is 3.99. The molecule has 0 spiro atoms. The Morgan fingerprint density at radius 1 is 1.36 bits per heavy atom. The summed E-state index contributed by atoms with van der Waals surface area (Å²) < 4.78 is 1.80. The van der Waals surface area contributed by atoms with E-state index >= 15 is 0 Å². The van der Waals surface area contributed by atoms with Gasteiger partial charge in [0, 0.05) is 41.5 Å². The van der Waals surface area contributed by atoms with E-state index in [1.807, 2.05) is 41.6 Å². The minimum atomic E-state index is -0.671. The normalized spacial score (nSPS) is 18.8. The number of rotatable bonds is 6. The second-order valence-electron chi connectivity index (χ2n) is 9.70. The summed E-state index contributed by atoms with van der Waals surface area (Å²) in [6, 6.07) is 5.89. The first-order valence-electron chi connectivity index (χ1n) is 11.1. The molecular weight excluding hydrogens is 436 g/mol. The summed E-state index contributed by atoms with van der Waals surface area (Å²) >= 11 is 1.51. The molecule has 1 aliphatic rings. The standard InChI is InChI=1S/C23H28N8OS/c1-22(2,3)16-13-18(28-27-16)25-20-15-7-5-11-31(15)29-21(26-20)30-10-6-8-23(30,4)17(32)14-19-24-9-12-33-19/h5,7,9,11-13H,6,8,10,14H2,1-4H3,(H2,25,26,27,28,29)/t23-/m0/s1. The van der Waals surface area contributed by atoms with Gasteiger partial charge in [0.15, 0.2) is 17.4 Å². The van der Waals surface area contributed by atoms with Crippen LogP contribution in [-0.2, 0) is 16.6 Å². The van der Waals surface area contributed by atoms with Crippen LogP contribution in [-0.4, -0.2) is 47.6 Å². The minimum absolute atomic E-state index is 0.0384. The Labute approximate surface area is 196 Å². The molecule has 1 saturated heterocycles. The van der Waals surface area contributed by atoms with Gasteiger partial charge in [-0.25, -0.2) is 9.50 Å². The molecule has 0 aromatic carbocycles. The van der Waals surface area contributed by atoms with Crippen molar-refractivity contribution in [1.29, 1.82) is 0 Å². The van der Waals surface area contributed by atoms with Gasteiger partial charge in [0.2, 0.25) is 5.95 Å². The Hall–Kier alpha value is -3.27. The van der Waals surface area contributed by atoms with Crippen LogP contribution in [0.25, 0.3) is 5.52 Å². The van der Waals surface area contributed by atoms with Gasteiger partial charge in [-0.2, -0.15) is 10.1 Å². The SMILES string of the molecule is CC(C)(C)c1cc(Nc2nc(N3CCC[C@@]3(C)C(=O)Cc3nccs3)nn3cccc23)n[nH]1. The predicted octanol–water partition coefficient (Wildman–Crippen LogP) is 4.12. The van der Waals surface area contributed by atoms with Crippen LogP contribution in [0.2, 0.25) is 0 Å². The van der Waals surface area contributed by atoms with Crippen molar-refractivity contribution in [2.75, 3.05) is 16.8 Å². The van der Waals surface area contributed by atoms with Gasteiger partial charge in [-0.15, -0.1) is 16.4 Å². The molecule has 0 radical (unpaired) electrons. The largest absolute Gasteiger partial charge is 0.327 e. The molecule has 0 saturated carbocycles. The van der Waals surface area contributed by atoms with Crippen molar-refractivity contribution in [3.05, 3.63) is 46.7 Å². The number of nitrogens with one attached hydrogen (secondary N) is 2. The number of hydrogen-bond donors (Lipinski definition) is 2. The molecule has 33 heavy (non-hydrogen) atoms. The summed E-state index contributed by atoms with van der Waals surface area (Å²) in [6.07, 6.45) is 5.63. The molecule has 1 fully saturated rings. The van der Waals surface area contributed by atoms with E-state index in [1.54, 1.807) is 10.7 Å². The van der Waals surface area contributed by atoms with Crippen molar-refractivity contribution < 1.29 is 4.79 Å². The fourth-order valence-corrected chi connectivity index (χ4v) is 4.88. The summed E-state index contributed by atoms with van der Waals surface area (Å²) in [7, 11) is 0. The summed E-state index contributed by atoms with van der Waals surface area (Å²) in [5.74, 6) is 2.01. The number of fused-ring (bicyclic) bond motifs is 1. The molecular formula is C23H28N8OS. The van der Waals surface area contributed by atoms with E-state index in [0.717, 1.165) is 35.6 Å². The van der Waals surface area contributed by atoms with Gasteiger partial charge in [0.1, 0.15) is 5.52 Å². The molecule has 4 aromatic rings. The summed E-state index contributed by atoms with van der Waals surface area (Å²) in [6.45, 7) is 9.12. The Kier molecular flexibility index (Phi) is 5.19. The number of carbonyl (C=O) groups excluding carboxylic acids is 1. The van der Waals surface area contributed by atoms with Crippen molar-refractivity contribution in [1.82, 2.24) is 29.8 Å². The second kappa shape index (κ2) is 7.95. The van der Waals surface area contributed by atoms with E-state index in [0.29, 0.717) is 24.0 Å². The average Bonchev–Trinajstić information content (AvgIpc) is 3.54. The van der Waals surface area contributed by atoms with E-state index < -0.39 is 5.54 Å². The van der Waals surface area contributed by atoms with Crippen LogP contribution < -0.4 is 10.2 Å². The highest BCUT2D eigenvalue weighted by Crippen LogP contribution is 2.35. The van der Waals surface area contributed by atoms with Crippen molar-refractivity contribution in [3.63, 3.8) is 0 Å². The molecule has 9 nitrogen and oxygen atoms in total. The lowest BCUT2D eigenvalue weighted by Gasteiger charge is -2.33. The van der Waals surface area contributed by atoms with Gasteiger partial charge in [-0.1, -0.05) is 20.8 Å². The maximum atomic E-state index is 13.3. The first-order valence-corrected chi connectivity index (χ1v) is 12.0. The fraction of sp³-hybridized carbons (Fsp3) is 0.435. The fourth-order valence-electron chi connectivity index (χ4n) is 4.26. The van der Waals surface area contributed by atoms with Crippen molar-refractivity contribution in [3.8, 4) is 0 Å². The zero-order valence-electron chi connectivity index (χ0n) is 19.3. The first-order chi connectivity index (χ1) is 15.7. The number of nitrogens with zero attached hydrogens (tertiary/aromatic N) is 6. The third-order valence-corrected chi connectivity index (χ3v) is 7.07. The van der Waals surface area contributed by atoms with Crippen LogP contribution in [0.4, 0.5) is 17.6 Å². The highest BCUT2D eigenvalue weighted by atomic mass is 32.1. The Balaban J connectivity index is 1.48. The quantitative estimate of drug-likeness (QED) is 0.442. The van der Waals surface area contributed by atoms with Crippen LogP contribution in [0.15, 0.2) is 36.0 Å². The highest BCUT2D eigenvalue weighted by Gasteiger charge is 2.44. The molecule has 1 atom stereocenters. The zero-order valence-corrected chi connectivity index (χ0v) is 20.1. The molecule has 5 heterocycles. The molecule has 0 aliphatic carbocycles. The lowest BCUT2D eigenvalue weighted by Crippen LogP contribution is -2.49. The molecule has 4 aromatic heterocycles. The molecule has 0 bridgehead atoms. The molecule has 0 unspecified atom stereocenters. The zero-order chi connectivity index (χ0) is 23.2. The van der Waals surface area contributed by atoms with Crippen molar-refractivity contribution in [2.45, 2.75) is 57.9 Å². The summed E-state index contributed by atoms with van der Waals surface area (Å²) in [4.78, 5) is 24.5. The average molecular weight is 465 g/mol. The number of anilines is 3. The second-order valence-corrected chi connectivity index (χ2v) is 10.7. The Bertz CT molecular complexity index is 1290. The molecule has 10 heteroatoms. The van der Waals surface area contributed by atoms with Crippen LogP contribution in [0.3, 0.4) is 0 Å². The molecule has 1 aliphatic heterocycles. The molecule has 0 amide bonds. The molecule has 172 valence electrons. The number of aromatic amines is 1. The Morgan fingerprint density at radius 2 is 2.21 bits per heavy atom. The van der Waals surface area contributed by atoms with Crippen LogP contribution >= 0.6 is 11.3 Å². The predicted molar refractivity (Wildman–Crippen MR) is 129 cm³/mol. The van der Waals surface area contributed by atoms with Crippen LogP contribution in [0, 0.1) is 0 Å². The number of aromatic nitrogens is 6. The van der Waals surface area contributed by atoms with Gasteiger partial charge >= 0.3 is 0 Å². The Morgan fingerprint density at radius 3 is 2.94 bits per heavy atom. The minimum Gasteiger partial charge on any atom is -0.327 e. The lowest BCUT2D eigenvalue weighted by atomic mass is 9.91. The monoisotopic (exact) mass is 464 g/mol. The highest BCUT2D eigenvalue weighted by molar-refractivity contribution is 7.09.